The van der Waals surface area contributed by atoms with Crippen LogP contribution in [0.25, 0.3) is 0 Å². The summed E-state index contributed by atoms with van der Waals surface area (Å²) >= 11 is 0. The van der Waals surface area contributed by atoms with Crippen molar-refractivity contribution in [1.82, 2.24) is 15.1 Å². The summed E-state index contributed by atoms with van der Waals surface area (Å²) in [7, 11) is 1.64. The molecule has 2 saturated heterocycles. The Morgan fingerprint density at radius 2 is 1.71 bits per heavy atom. The molecular weight excluding hydrogens is 650 g/mol. The summed E-state index contributed by atoms with van der Waals surface area (Å²) in [5.74, 6) is -0.0799. The largest absolute Gasteiger partial charge is 0.492 e. The summed E-state index contributed by atoms with van der Waals surface area (Å²) in [6, 6.07) is 23.6. The van der Waals surface area contributed by atoms with Crippen molar-refractivity contribution < 1.29 is 38.7 Å². The van der Waals surface area contributed by atoms with Gasteiger partial charge in [-0.2, -0.15) is 0 Å². The van der Waals surface area contributed by atoms with Crippen LogP contribution in [0.15, 0.2) is 78.9 Å². The minimum atomic E-state index is -1.13. The number of aliphatic hydroxyl groups excluding tert-OH is 2. The molecule has 1 aliphatic carbocycles. The number of nitrogens with zero attached hydrogens (tertiary/aromatic N) is 2. The van der Waals surface area contributed by atoms with Gasteiger partial charge < -0.3 is 39.4 Å². The van der Waals surface area contributed by atoms with Gasteiger partial charge >= 0.3 is 6.09 Å². The standard InChI is InChI=1S/C40H51N3O8/c1-27-25-49-26-37(27)51-40(47)41-34(39(46)42(2)38-32-11-7-6-10-30(32)23-36(38)45)24-35(44)33(22-28-8-4-3-5-9-28)29-12-14-31(15-13-29)50-21-18-43-16-19-48-20-17-43/h3-15,27,33-38,44-45H,16-26H2,1-2H3,(H,41,47)/t27-,33-,34+,35-,36+,37+,38-/m0/s1. The molecule has 0 unspecified atom stereocenters. The summed E-state index contributed by atoms with van der Waals surface area (Å²) in [5, 5.41) is 25.9. The fraction of sp³-hybridized carbons (Fsp3) is 0.500. The lowest BCUT2D eigenvalue weighted by molar-refractivity contribution is -0.137. The lowest BCUT2D eigenvalue weighted by Gasteiger charge is -2.33. The average molecular weight is 702 g/mol. The van der Waals surface area contributed by atoms with Gasteiger partial charge in [0.25, 0.3) is 0 Å². The van der Waals surface area contributed by atoms with Crippen LogP contribution in [0.2, 0.25) is 0 Å². The number of rotatable bonds is 14. The summed E-state index contributed by atoms with van der Waals surface area (Å²) in [6.07, 6.45) is -2.16. The Balaban J connectivity index is 1.20. The first-order valence-corrected chi connectivity index (χ1v) is 18.1. The van der Waals surface area contributed by atoms with Crippen molar-refractivity contribution in [2.75, 3.05) is 59.7 Å². The van der Waals surface area contributed by atoms with E-state index >= 15 is 0 Å². The first-order chi connectivity index (χ1) is 24.8. The molecular formula is C40H51N3O8. The topological polar surface area (TPSA) is 130 Å². The number of amides is 2. The predicted molar refractivity (Wildman–Crippen MR) is 192 cm³/mol. The van der Waals surface area contributed by atoms with Gasteiger partial charge in [0.05, 0.1) is 44.7 Å². The normalized spacial score (nSPS) is 23.5. The van der Waals surface area contributed by atoms with Gasteiger partial charge in [0.2, 0.25) is 5.91 Å². The van der Waals surface area contributed by atoms with Gasteiger partial charge in [-0.25, -0.2) is 4.79 Å². The second-order valence-corrected chi connectivity index (χ2v) is 14.0. The molecule has 0 spiro atoms. The molecule has 3 aliphatic rings. The molecule has 3 aromatic carbocycles. The molecule has 7 atom stereocenters. The van der Waals surface area contributed by atoms with E-state index in [1.165, 1.54) is 4.90 Å². The van der Waals surface area contributed by atoms with E-state index in [0.29, 0.717) is 26.1 Å². The monoisotopic (exact) mass is 701 g/mol. The summed E-state index contributed by atoms with van der Waals surface area (Å²) in [5.41, 5.74) is 3.76. The molecule has 3 aromatic rings. The van der Waals surface area contributed by atoms with E-state index in [-0.39, 0.29) is 18.9 Å². The van der Waals surface area contributed by atoms with Crippen molar-refractivity contribution in [3.63, 3.8) is 0 Å². The fourth-order valence-electron chi connectivity index (χ4n) is 7.41. The van der Waals surface area contributed by atoms with Crippen LogP contribution in [0, 0.1) is 5.92 Å². The van der Waals surface area contributed by atoms with Crippen LogP contribution < -0.4 is 10.1 Å². The molecule has 2 fully saturated rings. The van der Waals surface area contributed by atoms with Gasteiger partial charge in [-0.3, -0.25) is 9.69 Å². The van der Waals surface area contributed by atoms with E-state index in [9.17, 15) is 19.8 Å². The van der Waals surface area contributed by atoms with Crippen molar-refractivity contribution in [1.29, 1.82) is 0 Å². The van der Waals surface area contributed by atoms with Crippen LogP contribution in [-0.4, -0.2) is 116 Å². The SMILES string of the molecule is C[C@H]1COC[C@H]1OC(=O)N[C@H](C[C@H](O)[C@@H](Cc1ccccc1)c1ccc(OCCN2CCOCC2)cc1)C(=O)N(C)[C@H]1c2ccccc2C[C@H]1O. The Bertz CT molecular complexity index is 1570. The smallest absolute Gasteiger partial charge is 0.408 e. The van der Waals surface area contributed by atoms with Crippen molar-refractivity contribution in [2.45, 2.75) is 62.5 Å². The third-order valence-corrected chi connectivity index (χ3v) is 10.4. The van der Waals surface area contributed by atoms with Crippen LogP contribution in [0.5, 0.6) is 5.75 Å². The molecule has 51 heavy (non-hydrogen) atoms. The Morgan fingerprint density at radius 1 is 0.980 bits per heavy atom. The highest BCUT2D eigenvalue weighted by atomic mass is 16.6. The van der Waals surface area contributed by atoms with Crippen molar-refractivity contribution in [2.24, 2.45) is 5.92 Å². The Morgan fingerprint density at radius 3 is 2.43 bits per heavy atom. The maximum atomic E-state index is 14.3. The molecule has 6 rings (SSSR count). The van der Waals surface area contributed by atoms with Crippen molar-refractivity contribution in [3.8, 4) is 5.75 Å². The Labute approximate surface area is 300 Å². The number of hydrogen-bond donors (Lipinski definition) is 3. The van der Waals surface area contributed by atoms with E-state index in [1.807, 2.05) is 85.8 Å². The second-order valence-electron chi connectivity index (χ2n) is 14.0. The number of carbonyl (C=O) groups is 2. The summed E-state index contributed by atoms with van der Waals surface area (Å²) in [4.78, 5) is 31.4. The second kappa shape index (κ2) is 17.5. The van der Waals surface area contributed by atoms with E-state index in [1.54, 1.807) is 7.05 Å². The van der Waals surface area contributed by atoms with Gasteiger partial charge in [0, 0.05) is 51.4 Å². The molecule has 2 amide bonds. The van der Waals surface area contributed by atoms with Crippen LogP contribution in [0.4, 0.5) is 4.79 Å². The van der Waals surface area contributed by atoms with Gasteiger partial charge in [0.15, 0.2) is 0 Å². The molecule has 2 aliphatic heterocycles. The van der Waals surface area contributed by atoms with Crippen molar-refractivity contribution in [3.05, 3.63) is 101 Å². The summed E-state index contributed by atoms with van der Waals surface area (Å²) in [6.45, 7) is 7.36. The summed E-state index contributed by atoms with van der Waals surface area (Å²) < 4.78 is 22.6. The van der Waals surface area contributed by atoms with Crippen molar-refractivity contribution >= 4 is 12.0 Å². The predicted octanol–water partition coefficient (Wildman–Crippen LogP) is 3.72. The third-order valence-electron chi connectivity index (χ3n) is 10.4. The molecule has 3 N–H and O–H groups in total. The number of fused-ring (bicyclic) bond motifs is 1. The maximum Gasteiger partial charge on any atom is 0.408 e. The first kappa shape index (κ1) is 36.8. The van der Waals surface area contributed by atoms with Crippen LogP contribution >= 0.6 is 0 Å². The zero-order valence-corrected chi connectivity index (χ0v) is 29.6. The maximum absolute atomic E-state index is 14.3. The van der Waals surface area contributed by atoms with E-state index in [4.69, 9.17) is 18.9 Å². The molecule has 274 valence electrons. The van der Waals surface area contributed by atoms with Gasteiger partial charge in [-0.05, 0) is 40.8 Å². The number of aliphatic hydroxyl groups is 2. The lowest BCUT2D eigenvalue weighted by Crippen LogP contribution is -2.52. The minimum absolute atomic E-state index is 0.0184. The number of likely N-dealkylation sites (N-methyl/N-ethyl adjacent to an activating group) is 1. The van der Waals surface area contributed by atoms with E-state index < -0.39 is 48.3 Å². The molecule has 2 heterocycles. The first-order valence-electron chi connectivity index (χ1n) is 18.1. The van der Waals surface area contributed by atoms with E-state index in [2.05, 4.69) is 10.2 Å². The van der Waals surface area contributed by atoms with Crippen LogP contribution in [0.1, 0.15) is 47.6 Å². The number of carbonyl (C=O) groups excluding carboxylic acids is 2. The number of nitrogens with one attached hydrogen (secondary N) is 1. The Hall–Kier alpha value is -4.00. The average Bonchev–Trinajstić information content (AvgIpc) is 3.71. The number of morpholine rings is 1. The highest BCUT2D eigenvalue weighted by Gasteiger charge is 2.40. The lowest BCUT2D eigenvalue weighted by atomic mass is 9.84. The van der Waals surface area contributed by atoms with Crippen LogP contribution in [0.3, 0.4) is 0 Å². The number of alkyl carbamates (subject to hydrolysis) is 1. The van der Waals surface area contributed by atoms with E-state index in [0.717, 1.165) is 60.9 Å². The minimum Gasteiger partial charge on any atom is -0.492 e. The molecule has 0 aromatic heterocycles. The Kier molecular flexibility index (Phi) is 12.6. The number of benzene rings is 3. The highest BCUT2D eigenvalue weighted by Crippen LogP contribution is 2.36. The zero-order valence-electron chi connectivity index (χ0n) is 29.6. The third kappa shape index (κ3) is 9.46. The molecule has 0 radical (unpaired) electrons. The van der Waals surface area contributed by atoms with Gasteiger partial charge in [0.1, 0.15) is 24.5 Å². The molecule has 11 heteroatoms. The molecule has 11 nitrogen and oxygen atoms in total. The number of hydrogen-bond acceptors (Lipinski definition) is 9. The highest BCUT2D eigenvalue weighted by molar-refractivity contribution is 5.86. The zero-order chi connectivity index (χ0) is 35.7. The molecule has 0 bridgehead atoms. The quantitative estimate of drug-likeness (QED) is 0.230. The van der Waals surface area contributed by atoms with Gasteiger partial charge in [-0.15, -0.1) is 0 Å². The molecule has 0 saturated carbocycles. The van der Waals surface area contributed by atoms with Crippen LogP contribution in [-0.2, 0) is 31.8 Å². The fourth-order valence-corrected chi connectivity index (χ4v) is 7.41. The van der Waals surface area contributed by atoms with Gasteiger partial charge in [-0.1, -0.05) is 73.7 Å². The number of ether oxygens (including phenoxy) is 4.